The van der Waals surface area contributed by atoms with Crippen LogP contribution in [0.3, 0.4) is 0 Å². The molecule has 1 fully saturated rings. The Morgan fingerprint density at radius 2 is 1.75 bits per heavy atom. The number of rotatable bonds is 7. The first-order chi connectivity index (χ1) is 15.4. The van der Waals surface area contributed by atoms with Crippen LogP contribution < -0.4 is 9.47 Å². The summed E-state index contributed by atoms with van der Waals surface area (Å²) in [5, 5.41) is 0. The van der Waals surface area contributed by atoms with Crippen molar-refractivity contribution >= 4 is 17.5 Å². The summed E-state index contributed by atoms with van der Waals surface area (Å²) in [7, 11) is 2.96. The van der Waals surface area contributed by atoms with Crippen molar-refractivity contribution in [2.24, 2.45) is 5.92 Å². The molecule has 2 heterocycles. The maximum atomic E-state index is 13.4. The van der Waals surface area contributed by atoms with E-state index in [4.69, 9.17) is 13.9 Å². The molecule has 0 N–H and O–H groups in total. The molecule has 4 rings (SSSR count). The molecule has 1 amide bonds. The van der Waals surface area contributed by atoms with Gasteiger partial charge in [0.1, 0.15) is 17.5 Å². The van der Waals surface area contributed by atoms with Crippen LogP contribution in [-0.4, -0.2) is 36.6 Å². The van der Waals surface area contributed by atoms with E-state index in [9.17, 15) is 18.8 Å². The fraction of sp³-hybridized carbons (Fsp3) is 0.208. The van der Waals surface area contributed by atoms with Gasteiger partial charge in [-0.05, 0) is 54.1 Å². The van der Waals surface area contributed by atoms with E-state index in [1.807, 2.05) is 0 Å². The first kappa shape index (κ1) is 21.3. The van der Waals surface area contributed by atoms with Gasteiger partial charge in [0, 0.05) is 5.56 Å². The van der Waals surface area contributed by atoms with Gasteiger partial charge in [-0.15, -0.1) is 0 Å². The Bertz CT molecular complexity index is 1160. The van der Waals surface area contributed by atoms with Crippen LogP contribution in [0.15, 0.2) is 65.3 Å². The first-order valence-corrected chi connectivity index (χ1v) is 9.83. The molecule has 0 bridgehead atoms. The Kier molecular flexibility index (Phi) is 5.77. The lowest BCUT2D eigenvalue weighted by molar-refractivity contribution is -0.141. The second-order valence-electron chi connectivity index (χ2n) is 7.28. The molecule has 8 heteroatoms. The lowest BCUT2D eigenvalue weighted by atomic mass is 9.86. The monoisotopic (exact) mass is 437 g/mol. The smallest absolute Gasteiger partial charge is 0.291 e. The third-order valence-electron chi connectivity index (χ3n) is 5.47. The van der Waals surface area contributed by atoms with Crippen molar-refractivity contribution in [1.29, 1.82) is 0 Å². The molecule has 1 saturated heterocycles. The Labute approximate surface area is 183 Å². The number of hydrogen-bond acceptors (Lipinski definition) is 6. The zero-order valence-corrected chi connectivity index (χ0v) is 17.4. The summed E-state index contributed by atoms with van der Waals surface area (Å²) in [5.41, 5.74) is 0.664. The van der Waals surface area contributed by atoms with Gasteiger partial charge >= 0.3 is 0 Å². The average Bonchev–Trinajstić information content (AvgIpc) is 3.41. The number of furan rings is 1. The first-order valence-electron chi connectivity index (χ1n) is 9.83. The van der Waals surface area contributed by atoms with Crippen molar-refractivity contribution in [3.63, 3.8) is 0 Å². The Balaban J connectivity index is 1.81. The van der Waals surface area contributed by atoms with Gasteiger partial charge in [-0.3, -0.25) is 14.4 Å². The van der Waals surface area contributed by atoms with Crippen molar-refractivity contribution in [3.8, 4) is 11.5 Å². The van der Waals surface area contributed by atoms with E-state index in [0.29, 0.717) is 22.8 Å². The number of nitrogens with zero attached hydrogens (tertiary/aromatic N) is 1. The highest BCUT2D eigenvalue weighted by Crippen LogP contribution is 2.41. The van der Waals surface area contributed by atoms with Gasteiger partial charge in [-0.25, -0.2) is 4.39 Å². The maximum Gasteiger partial charge on any atom is 0.291 e. The lowest BCUT2D eigenvalue weighted by Gasteiger charge is -2.27. The van der Waals surface area contributed by atoms with E-state index in [2.05, 4.69) is 0 Å². The van der Waals surface area contributed by atoms with Crippen molar-refractivity contribution in [2.45, 2.75) is 12.6 Å². The Hall–Kier alpha value is -3.94. The number of Topliss-reactive ketones (excluding diaryl/α,β-unsaturated/α-hetero) is 2. The average molecular weight is 437 g/mol. The van der Waals surface area contributed by atoms with Crippen LogP contribution in [0.25, 0.3) is 0 Å². The van der Waals surface area contributed by atoms with Gasteiger partial charge in [-0.1, -0.05) is 6.07 Å². The lowest BCUT2D eigenvalue weighted by Crippen LogP contribution is -2.30. The predicted molar refractivity (Wildman–Crippen MR) is 111 cm³/mol. The van der Waals surface area contributed by atoms with Crippen LogP contribution in [0.1, 0.15) is 27.7 Å². The number of benzene rings is 2. The molecule has 32 heavy (non-hydrogen) atoms. The van der Waals surface area contributed by atoms with Crippen molar-refractivity contribution < 1.29 is 32.7 Å². The second-order valence-corrected chi connectivity index (χ2v) is 7.28. The number of amides is 1. The largest absolute Gasteiger partial charge is 0.493 e. The van der Waals surface area contributed by atoms with Crippen LogP contribution in [0.5, 0.6) is 11.5 Å². The summed E-state index contributed by atoms with van der Waals surface area (Å²) in [6, 6.07) is 12.3. The summed E-state index contributed by atoms with van der Waals surface area (Å²) in [6.45, 7) is 0.00375. The molecular formula is C24H20FNO6. The molecule has 1 aliphatic rings. The number of halogens is 1. The summed E-state index contributed by atoms with van der Waals surface area (Å²) in [5.74, 6) is -2.68. The molecule has 3 aromatic rings. The third kappa shape index (κ3) is 3.75. The number of ether oxygens (including phenoxy) is 2. The predicted octanol–water partition coefficient (Wildman–Crippen LogP) is 3.59. The molecule has 0 aliphatic carbocycles. The molecular weight excluding hydrogens is 417 g/mol. The van der Waals surface area contributed by atoms with Crippen LogP contribution in [0.2, 0.25) is 0 Å². The van der Waals surface area contributed by atoms with Gasteiger partial charge in [0.05, 0.1) is 33.1 Å². The zero-order valence-electron chi connectivity index (χ0n) is 17.4. The fourth-order valence-corrected chi connectivity index (χ4v) is 3.93. The summed E-state index contributed by atoms with van der Waals surface area (Å²) in [4.78, 5) is 40.6. The van der Waals surface area contributed by atoms with Crippen LogP contribution in [0.4, 0.5) is 4.39 Å². The van der Waals surface area contributed by atoms with Crippen LogP contribution >= 0.6 is 0 Å². The number of carbonyl (C=O) groups excluding carboxylic acids is 3. The van der Waals surface area contributed by atoms with Gasteiger partial charge in [0.2, 0.25) is 5.78 Å². The molecule has 7 nitrogen and oxygen atoms in total. The Morgan fingerprint density at radius 3 is 2.38 bits per heavy atom. The number of ketones is 2. The minimum absolute atomic E-state index is 0.00375. The highest BCUT2D eigenvalue weighted by atomic mass is 19.1. The minimum Gasteiger partial charge on any atom is -0.493 e. The highest BCUT2D eigenvalue weighted by molar-refractivity contribution is 6.44. The normalized spacial score (nSPS) is 18.2. The summed E-state index contributed by atoms with van der Waals surface area (Å²) in [6.07, 6.45) is 1.46. The summed E-state index contributed by atoms with van der Waals surface area (Å²) < 4.78 is 29.4. The molecule has 1 aromatic heterocycles. The SMILES string of the molecule is COc1ccc(C2C(C(=O)c3ccc(F)cc3)C(=O)C(=O)N2Cc2ccco2)cc1OC. The van der Waals surface area contributed by atoms with E-state index in [-0.39, 0.29) is 12.1 Å². The second kappa shape index (κ2) is 8.66. The molecule has 2 atom stereocenters. The molecule has 0 spiro atoms. The molecule has 0 saturated carbocycles. The van der Waals surface area contributed by atoms with Crippen LogP contribution in [-0.2, 0) is 16.1 Å². The molecule has 1 aliphatic heterocycles. The number of hydrogen-bond donors (Lipinski definition) is 0. The fourth-order valence-electron chi connectivity index (χ4n) is 3.93. The van der Waals surface area contributed by atoms with E-state index < -0.39 is 35.3 Å². The Morgan fingerprint density at radius 1 is 1.03 bits per heavy atom. The number of methoxy groups -OCH3 is 2. The van der Waals surface area contributed by atoms with Gasteiger partial charge < -0.3 is 18.8 Å². The van der Waals surface area contributed by atoms with E-state index in [1.165, 1.54) is 37.5 Å². The molecule has 164 valence electrons. The highest BCUT2D eigenvalue weighted by Gasteiger charge is 2.52. The number of carbonyl (C=O) groups is 3. The van der Waals surface area contributed by atoms with Crippen LogP contribution in [0, 0.1) is 11.7 Å². The van der Waals surface area contributed by atoms with E-state index >= 15 is 0 Å². The zero-order chi connectivity index (χ0) is 22.8. The van der Waals surface area contributed by atoms with E-state index in [0.717, 1.165) is 12.1 Å². The van der Waals surface area contributed by atoms with Crippen molar-refractivity contribution in [2.75, 3.05) is 14.2 Å². The van der Waals surface area contributed by atoms with Gasteiger partial charge in [-0.2, -0.15) is 0 Å². The molecule has 2 unspecified atom stereocenters. The summed E-state index contributed by atoms with van der Waals surface area (Å²) >= 11 is 0. The van der Waals surface area contributed by atoms with Gasteiger partial charge in [0.15, 0.2) is 17.3 Å². The van der Waals surface area contributed by atoms with Gasteiger partial charge in [0.25, 0.3) is 5.91 Å². The van der Waals surface area contributed by atoms with Crippen molar-refractivity contribution in [3.05, 3.63) is 83.6 Å². The minimum atomic E-state index is -1.30. The topological polar surface area (TPSA) is 86.1 Å². The van der Waals surface area contributed by atoms with E-state index in [1.54, 1.807) is 30.3 Å². The molecule has 0 radical (unpaired) electrons. The quantitative estimate of drug-likeness (QED) is 0.319. The van der Waals surface area contributed by atoms with Crippen molar-refractivity contribution in [1.82, 2.24) is 4.90 Å². The number of likely N-dealkylation sites (tertiary alicyclic amines) is 1. The third-order valence-corrected chi connectivity index (χ3v) is 5.47. The standard InChI is InChI=1S/C24H20FNO6/c1-30-18-10-7-15(12-19(18)31-2)21-20(22(27)14-5-8-16(25)9-6-14)23(28)24(29)26(21)13-17-4-3-11-32-17/h3-12,20-21H,13H2,1-2H3. The molecule has 2 aromatic carbocycles. The maximum absolute atomic E-state index is 13.4.